The first-order chi connectivity index (χ1) is 6.81. The van der Waals surface area contributed by atoms with Crippen molar-refractivity contribution in [2.75, 3.05) is 26.4 Å². The number of carbonyl (C=O) groups excluding carboxylic acids is 1. The van der Waals surface area contributed by atoms with Crippen LogP contribution >= 0.6 is 0 Å². The number of nitrogens with zero attached hydrogens (tertiary/aromatic N) is 3. The molecule has 0 aliphatic carbocycles. The van der Waals surface area contributed by atoms with Crippen molar-refractivity contribution in [3.8, 4) is 0 Å². The van der Waals surface area contributed by atoms with Gasteiger partial charge in [0.05, 0.1) is 6.61 Å². The number of hydrogen-bond acceptors (Lipinski definition) is 4. The Morgan fingerprint density at radius 2 is 2.29 bits per heavy atom. The summed E-state index contributed by atoms with van der Waals surface area (Å²) < 4.78 is 9.81. The van der Waals surface area contributed by atoms with Crippen LogP contribution in [-0.2, 0) is 14.3 Å². The summed E-state index contributed by atoms with van der Waals surface area (Å²) in [4.78, 5) is 13.5. The van der Waals surface area contributed by atoms with E-state index in [9.17, 15) is 4.79 Å². The van der Waals surface area contributed by atoms with E-state index in [1.807, 2.05) is 6.92 Å². The Labute approximate surface area is 82.8 Å². The molecule has 0 aromatic rings. The lowest BCUT2D eigenvalue weighted by Crippen LogP contribution is -2.10. The fourth-order valence-corrected chi connectivity index (χ4v) is 0.770. The Morgan fingerprint density at radius 3 is 2.93 bits per heavy atom. The molecule has 80 valence electrons. The van der Waals surface area contributed by atoms with E-state index in [2.05, 4.69) is 10.0 Å². The molecule has 0 rings (SSSR count). The summed E-state index contributed by atoms with van der Waals surface area (Å²) in [6.07, 6.45) is 0.808. The third-order valence-corrected chi connectivity index (χ3v) is 1.40. The number of hydrogen-bond donors (Lipinski definition) is 0. The molecule has 0 aromatic carbocycles. The van der Waals surface area contributed by atoms with Gasteiger partial charge in [-0.25, -0.2) is 0 Å². The largest absolute Gasteiger partial charge is 0.463 e. The molecule has 6 nitrogen and oxygen atoms in total. The van der Waals surface area contributed by atoms with Gasteiger partial charge in [0.15, 0.2) is 0 Å². The molecule has 0 saturated heterocycles. The Hall–Kier alpha value is -1.26. The monoisotopic (exact) mass is 201 g/mol. The highest BCUT2D eigenvalue weighted by atomic mass is 16.6. The highest BCUT2D eigenvalue weighted by molar-refractivity contribution is 5.69. The van der Waals surface area contributed by atoms with E-state index in [0.717, 1.165) is 0 Å². The van der Waals surface area contributed by atoms with Gasteiger partial charge in [0.1, 0.15) is 6.61 Å². The number of ether oxygens (including phenoxy) is 2. The topological polar surface area (TPSA) is 84.3 Å². The molecule has 0 heterocycles. The number of azide groups is 1. The summed E-state index contributed by atoms with van der Waals surface area (Å²) in [5, 5.41) is 3.30. The Balaban J connectivity index is 3.23. The molecule has 0 aliphatic heterocycles. The second kappa shape index (κ2) is 9.83. The van der Waals surface area contributed by atoms with Crippen LogP contribution in [0.25, 0.3) is 10.4 Å². The molecule has 0 aromatic heterocycles. The molecule has 0 spiro atoms. The van der Waals surface area contributed by atoms with Gasteiger partial charge in [0.25, 0.3) is 0 Å². The fraction of sp³-hybridized carbons (Fsp3) is 0.875. The molecule has 0 radical (unpaired) electrons. The van der Waals surface area contributed by atoms with E-state index in [0.29, 0.717) is 26.2 Å². The Morgan fingerprint density at radius 1 is 1.50 bits per heavy atom. The summed E-state index contributed by atoms with van der Waals surface area (Å²) >= 11 is 0. The average Bonchev–Trinajstić information content (AvgIpc) is 2.19. The van der Waals surface area contributed by atoms with E-state index in [1.165, 1.54) is 0 Å². The van der Waals surface area contributed by atoms with Crippen LogP contribution in [0.15, 0.2) is 5.11 Å². The van der Waals surface area contributed by atoms with Crippen LogP contribution in [0.5, 0.6) is 0 Å². The first-order valence-electron chi connectivity index (χ1n) is 4.55. The zero-order chi connectivity index (χ0) is 10.6. The third-order valence-electron chi connectivity index (χ3n) is 1.40. The van der Waals surface area contributed by atoms with Gasteiger partial charge in [-0.3, -0.25) is 4.79 Å². The molecular formula is C8H15N3O3. The van der Waals surface area contributed by atoms with Gasteiger partial charge in [0.2, 0.25) is 0 Å². The van der Waals surface area contributed by atoms with Gasteiger partial charge >= 0.3 is 5.97 Å². The average molecular weight is 201 g/mol. The summed E-state index contributed by atoms with van der Waals surface area (Å²) in [5.74, 6) is -0.280. The van der Waals surface area contributed by atoms with Crippen LogP contribution in [0.1, 0.15) is 19.8 Å². The molecule has 0 atom stereocenters. The van der Waals surface area contributed by atoms with Crippen molar-refractivity contribution in [2.24, 2.45) is 5.11 Å². The highest BCUT2D eigenvalue weighted by Gasteiger charge is 2.00. The Kier molecular flexibility index (Phi) is 8.94. The number of carbonyl (C=O) groups is 1. The molecule has 0 saturated carbocycles. The van der Waals surface area contributed by atoms with Crippen LogP contribution in [-0.4, -0.2) is 32.3 Å². The zero-order valence-corrected chi connectivity index (χ0v) is 8.31. The van der Waals surface area contributed by atoms with E-state index in [1.54, 1.807) is 0 Å². The summed E-state index contributed by atoms with van der Waals surface area (Å²) in [5.41, 5.74) is 7.96. The first-order valence-corrected chi connectivity index (χ1v) is 4.55. The van der Waals surface area contributed by atoms with E-state index in [-0.39, 0.29) is 19.0 Å². The standard InChI is InChI=1S/C8H15N3O3/c1-2-13-6-7-14-8(12)4-3-5-10-11-9/h2-7H2,1H3. The first kappa shape index (κ1) is 12.7. The maximum atomic E-state index is 11.0. The molecule has 6 heteroatoms. The van der Waals surface area contributed by atoms with Gasteiger partial charge < -0.3 is 9.47 Å². The quantitative estimate of drug-likeness (QED) is 0.197. The smallest absolute Gasteiger partial charge is 0.305 e. The summed E-state index contributed by atoms with van der Waals surface area (Å²) in [6, 6.07) is 0. The van der Waals surface area contributed by atoms with Gasteiger partial charge in [0, 0.05) is 24.5 Å². The minimum Gasteiger partial charge on any atom is -0.463 e. The predicted molar refractivity (Wildman–Crippen MR) is 50.7 cm³/mol. The second-order valence-corrected chi connectivity index (χ2v) is 2.48. The second-order valence-electron chi connectivity index (χ2n) is 2.48. The summed E-state index contributed by atoms with van der Waals surface area (Å²) in [6.45, 7) is 3.54. The van der Waals surface area contributed by atoms with E-state index < -0.39 is 0 Å². The lowest BCUT2D eigenvalue weighted by Gasteiger charge is -2.03. The lowest BCUT2D eigenvalue weighted by molar-refractivity contribution is -0.145. The third kappa shape index (κ3) is 8.83. The van der Waals surface area contributed by atoms with Crippen molar-refractivity contribution in [1.29, 1.82) is 0 Å². The minimum absolute atomic E-state index is 0.280. The van der Waals surface area contributed by atoms with Gasteiger partial charge in [-0.05, 0) is 18.9 Å². The van der Waals surface area contributed by atoms with Crippen molar-refractivity contribution in [3.63, 3.8) is 0 Å². The van der Waals surface area contributed by atoms with Crippen LogP contribution in [0.3, 0.4) is 0 Å². The Bertz CT molecular complexity index is 202. The van der Waals surface area contributed by atoms with Crippen LogP contribution in [0.2, 0.25) is 0 Å². The fourth-order valence-electron chi connectivity index (χ4n) is 0.770. The van der Waals surface area contributed by atoms with Crippen molar-refractivity contribution >= 4 is 5.97 Å². The molecule has 0 aliphatic rings. The number of esters is 1. The van der Waals surface area contributed by atoms with Crippen LogP contribution in [0.4, 0.5) is 0 Å². The number of rotatable bonds is 8. The predicted octanol–water partition coefficient (Wildman–Crippen LogP) is 1.66. The van der Waals surface area contributed by atoms with Crippen LogP contribution < -0.4 is 0 Å². The van der Waals surface area contributed by atoms with E-state index >= 15 is 0 Å². The summed E-state index contributed by atoms with van der Waals surface area (Å²) in [7, 11) is 0. The van der Waals surface area contributed by atoms with Gasteiger partial charge in [-0.2, -0.15) is 0 Å². The molecule has 0 fully saturated rings. The SMILES string of the molecule is CCOCCOC(=O)CCCN=[N+]=[N-]. The normalized spacial score (nSPS) is 9.21. The van der Waals surface area contributed by atoms with E-state index in [4.69, 9.17) is 15.0 Å². The van der Waals surface area contributed by atoms with Crippen LogP contribution in [0, 0.1) is 0 Å². The van der Waals surface area contributed by atoms with Crippen molar-refractivity contribution in [3.05, 3.63) is 10.4 Å². The van der Waals surface area contributed by atoms with Gasteiger partial charge in [-0.15, -0.1) is 0 Å². The molecule has 0 bridgehead atoms. The molecule has 0 N–H and O–H groups in total. The minimum atomic E-state index is -0.280. The maximum Gasteiger partial charge on any atom is 0.305 e. The van der Waals surface area contributed by atoms with Crippen molar-refractivity contribution in [2.45, 2.75) is 19.8 Å². The molecule has 14 heavy (non-hydrogen) atoms. The highest BCUT2D eigenvalue weighted by Crippen LogP contribution is 1.93. The van der Waals surface area contributed by atoms with Crippen molar-refractivity contribution < 1.29 is 14.3 Å². The lowest BCUT2D eigenvalue weighted by atomic mass is 10.3. The zero-order valence-electron chi connectivity index (χ0n) is 8.31. The molecule has 0 unspecified atom stereocenters. The van der Waals surface area contributed by atoms with Gasteiger partial charge in [-0.1, -0.05) is 5.11 Å². The van der Waals surface area contributed by atoms with Crippen molar-refractivity contribution in [1.82, 2.24) is 0 Å². The molecule has 0 amide bonds. The molecular weight excluding hydrogens is 186 g/mol. The maximum absolute atomic E-state index is 11.0.